The molecule has 0 unspecified atom stereocenters. The zero-order valence-corrected chi connectivity index (χ0v) is 10.9. The van der Waals surface area contributed by atoms with Crippen LogP contribution in [-0.2, 0) is 0 Å². The van der Waals surface area contributed by atoms with Crippen LogP contribution in [0.5, 0.6) is 0 Å². The number of halogens is 1. The van der Waals surface area contributed by atoms with E-state index in [0.717, 1.165) is 24.0 Å². The van der Waals surface area contributed by atoms with Crippen LogP contribution in [0.25, 0.3) is 0 Å². The molecule has 0 spiro atoms. The van der Waals surface area contributed by atoms with Crippen LogP contribution < -0.4 is 4.90 Å². The van der Waals surface area contributed by atoms with E-state index in [2.05, 4.69) is 30.2 Å². The molecule has 2 fully saturated rings. The quantitative estimate of drug-likeness (QED) is 0.784. The van der Waals surface area contributed by atoms with Gasteiger partial charge >= 0.3 is 0 Å². The van der Waals surface area contributed by atoms with Gasteiger partial charge in [0, 0.05) is 35.4 Å². The fourth-order valence-electron chi connectivity index (χ4n) is 1.90. The molecule has 15 heavy (non-hydrogen) atoms. The van der Waals surface area contributed by atoms with Crippen LogP contribution in [0.15, 0.2) is 0 Å². The number of nitrogens with zero attached hydrogens (tertiary/aromatic N) is 3. The maximum atomic E-state index is 4.64. The molecule has 5 heteroatoms. The smallest absolute Gasteiger partial charge is 0.205 e. The number of piperidine rings is 1. The highest BCUT2D eigenvalue weighted by Gasteiger charge is 2.29. The lowest BCUT2D eigenvalue weighted by molar-refractivity contribution is 0.596. The normalized spacial score (nSPS) is 23.4. The molecule has 0 radical (unpaired) electrons. The minimum Gasteiger partial charge on any atom is -0.347 e. The number of hydrogen-bond donors (Lipinski definition) is 0. The summed E-state index contributed by atoms with van der Waals surface area (Å²) in [4.78, 5) is 7.71. The molecule has 2 aliphatic rings. The fraction of sp³-hybridized carbons (Fsp3) is 0.800. The number of alkyl halides is 1. The highest BCUT2D eigenvalue weighted by Crippen LogP contribution is 2.40. The van der Waals surface area contributed by atoms with Crippen molar-refractivity contribution in [2.24, 2.45) is 0 Å². The average Bonchev–Trinajstić information content (AvgIpc) is 2.99. The van der Waals surface area contributed by atoms with E-state index in [4.69, 9.17) is 0 Å². The zero-order chi connectivity index (χ0) is 10.3. The summed E-state index contributed by atoms with van der Waals surface area (Å²) in [5.41, 5.74) is 0. The van der Waals surface area contributed by atoms with Gasteiger partial charge in [0.1, 0.15) is 5.82 Å². The Balaban J connectivity index is 1.69. The van der Waals surface area contributed by atoms with Crippen LogP contribution in [0, 0.1) is 0 Å². The molecule has 1 aliphatic heterocycles. The van der Waals surface area contributed by atoms with E-state index >= 15 is 0 Å². The van der Waals surface area contributed by atoms with Crippen molar-refractivity contribution in [3.63, 3.8) is 0 Å². The van der Waals surface area contributed by atoms with Crippen molar-refractivity contribution in [1.29, 1.82) is 0 Å². The lowest BCUT2D eigenvalue weighted by Crippen LogP contribution is -2.33. The summed E-state index contributed by atoms with van der Waals surface area (Å²) in [6, 6.07) is 0. The van der Waals surface area contributed by atoms with Crippen molar-refractivity contribution >= 4 is 32.6 Å². The summed E-state index contributed by atoms with van der Waals surface area (Å²) in [5.74, 6) is 1.78. The van der Waals surface area contributed by atoms with E-state index in [1.54, 1.807) is 11.5 Å². The largest absolute Gasteiger partial charge is 0.347 e. The first-order valence-electron chi connectivity index (χ1n) is 5.55. The van der Waals surface area contributed by atoms with Crippen LogP contribution in [0.4, 0.5) is 5.13 Å². The van der Waals surface area contributed by atoms with Crippen LogP contribution in [0.2, 0.25) is 0 Å². The Hall–Kier alpha value is -0.160. The highest BCUT2D eigenvalue weighted by molar-refractivity contribution is 9.09. The molecule has 0 atom stereocenters. The molecule has 0 aromatic carbocycles. The summed E-state index contributed by atoms with van der Waals surface area (Å²) in [6.45, 7) is 2.24. The van der Waals surface area contributed by atoms with Crippen LogP contribution in [-0.4, -0.2) is 27.3 Å². The second-order valence-corrected chi connectivity index (χ2v) is 6.40. The van der Waals surface area contributed by atoms with Gasteiger partial charge in [-0.15, -0.1) is 0 Å². The molecular formula is C10H14BrN3S. The Bertz CT molecular complexity index is 342. The predicted octanol–water partition coefficient (Wildman–Crippen LogP) is 2.78. The van der Waals surface area contributed by atoms with Gasteiger partial charge in [-0.3, -0.25) is 0 Å². The lowest BCUT2D eigenvalue weighted by Gasteiger charge is -2.28. The van der Waals surface area contributed by atoms with Crippen molar-refractivity contribution in [3.05, 3.63) is 5.82 Å². The molecule has 1 aromatic rings. The standard InChI is InChI=1S/C10H14BrN3S/c11-8-3-5-14(6-4-8)10-12-9(13-15-10)7-1-2-7/h7-8H,1-6H2. The number of rotatable bonds is 2. The number of anilines is 1. The average molecular weight is 288 g/mol. The van der Waals surface area contributed by atoms with Crippen LogP contribution >= 0.6 is 27.5 Å². The van der Waals surface area contributed by atoms with Crippen molar-refractivity contribution in [2.45, 2.75) is 36.4 Å². The van der Waals surface area contributed by atoms with Crippen molar-refractivity contribution in [3.8, 4) is 0 Å². The van der Waals surface area contributed by atoms with Gasteiger partial charge in [-0.25, -0.2) is 4.98 Å². The Morgan fingerprint density at radius 1 is 1.20 bits per heavy atom. The Morgan fingerprint density at radius 3 is 2.60 bits per heavy atom. The van der Waals surface area contributed by atoms with Crippen molar-refractivity contribution < 1.29 is 0 Å². The SMILES string of the molecule is BrC1CCN(c2nc(C3CC3)ns2)CC1. The molecule has 1 saturated heterocycles. The van der Waals surface area contributed by atoms with Gasteiger partial charge < -0.3 is 4.90 Å². The molecule has 0 amide bonds. The van der Waals surface area contributed by atoms with Crippen molar-refractivity contribution in [2.75, 3.05) is 18.0 Å². The second kappa shape index (κ2) is 4.01. The molecule has 0 bridgehead atoms. The number of aromatic nitrogens is 2. The summed E-state index contributed by atoms with van der Waals surface area (Å²) in [7, 11) is 0. The van der Waals surface area contributed by atoms with E-state index in [-0.39, 0.29) is 0 Å². The maximum absolute atomic E-state index is 4.64. The van der Waals surface area contributed by atoms with Gasteiger partial charge in [-0.1, -0.05) is 15.9 Å². The summed E-state index contributed by atoms with van der Waals surface area (Å²) in [6.07, 6.45) is 5.02. The molecule has 1 saturated carbocycles. The summed E-state index contributed by atoms with van der Waals surface area (Å²) < 4.78 is 4.45. The van der Waals surface area contributed by atoms with Gasteiger partial charge in [-0.2, -0.15) is 4.37 Å². The van der Waals surface area contributed by atoms with Crippen LogP contribution in [0.3, 0.4) is 0 Å². The predicted molar refractivity (Wildman–Crippen MR) is 66.0 cm³/mol. The third-order valence-electron chi connectivity index (χ3n) is 3.07. The molecular weight excluding hydrogens is 274 g/mol. The highest BCUT2D eigenvalue weighted by atomic mass is 79.9. The minimum absolute atomic E-state index is 0.684. The lowest BCUT2D eigenvalue weighted by atomic mass is 10.1. The van der Waals surface area contributed by atoms with Gasteiger partial charge in [0.15, 0.2) is 0 Å². The summed E-state index contributed by atoms with van der Waals surface area (Å²) >= 11 is 5.24. The molecule has 1 aromatic heterocycles. The Morgan fingerprint density at radius 2 is 1.93 bits per heavy atom. The van der Waals surface area contributed by atoms with Gasteiger partial charge in [0.25, 0.3) is 0 Å². The number of hydrogen-bond acceptors (Lipinski definition) is 4. The summed E-state index contributed by atoms with van der Waals surface area (Å²) in [5, 5.41) is 1.14. The van der Waals surface area contributed by atoms with E-state index in [1.807, 2.05) is 0 Å². The van der Waals surface area contributed by atoms with Gasteiger partial charge in [-0.05, 0) is 25.7 Å². The van der Waals surface area contributed by atoms with Crippen LogP contribution in [0.1, 0.15) is 37.4 Å². The van der Waals surface area contributed by atoms with E-state index in [0.29, 0.717) is 10.7 Å². The second-order valence-electron chi connectivity index (χ2n) is 4.37. The topological polar surface area (TPSA) is 29.0 Å². The zero-order valence-electron chi connectivity index (χ0n) is 8.53. The molecule has 1 aliphatic carbocycles. The maximum Gasteiger partial charge on any atom is 0.205 e. The third kappa shape index (κ3) is 2.18. The van der Waals surface area contributed by atoms with Gasteiger partial charge in [0.05, 0.1) is 0 Å². The van der Waals surface area contributed by atoms with Crippen molar-refractivity contribution in [1.82, 2.24) is 9.36 Å². The molecule has 3 rings (SSSR count). The Kier molecular flexibility index (Phi) is 2.68. The van der Waals surface area contributed by atoms with E-state index < -0.39 is 0 Å². The molecule has 3 nitrogen and oxygen atoms in total. The first-order chi connectivity index (χ1) is 7.33. The fourth-order valence-corrected chi connectivity index (χ4v) is 3.11. The first kappa shape index (κ1) is 10.0. The molecule has 2 heterocycles. The molecule has 82 valence electrons. The minimum atomic E-state index is 0.684. The van der Waals surface area contributed by atoms with Gasteiger partial charge in [0.2, 0.25) is 5.13 Å². The van der Waals surface area contributed by atoms with E-state index in [9.17, 15) is 0 Å². The first-order valence-corrected chi connectivity index (χ1v) is 7.24. The third-order valence-corrected chi connectivity index (χ3v) is 4.78. The Labute approximate surface area is 102 Å². The van der Waals surface area contributed by atoms with E-state index in [1.165, 1.54) is 25.7 Å². The molecule has 0 N–H and O–H groups in total. The monoisotopic (exact) mass is 287 g/mol.